The van der Waals surface area contributed by atoms with Crippen LogP contribution in [0.1, 0.15) is 24.2 Å². The summed E-state index contributed by atoms with van der Waals surface area (Å²) in [6.45, 7) is 1.99. The second-order valence-corrected chi connectivity index (χ2v) is 4.32. The summed E-state index contributed by atoms with van der Waals surface area (Å²) in [6.07, 6.45) is 3.45. The van der Waals surface area contributed by atoms with E-state index in [4.69, 9.17) is 4.74 Å². The molecule has 1 heterocycles. The average Bonchev–Trinajstić information content (AvgIpc) is 2.41. The third-order valence-electron chi connectivity index (χ3n) is 2.84. The fraction of sp³-hybridized carbons (Fsp3) is 0.267. The minimum Gasteiger partial charge on any atom is -0.490 e. The van der Waals surface area contributed by atoms with Gasteiger partial charge in [0.1, 0.15) is 0 Å². The molecule has 0 saturated carbocycles. The molecule has 1 aromatic heterocycles. The van der Waals surface area contributed by atoms with Gasteiger partial charge in [-0.2, -0.15) is 0 Å². The number of pyridine rings is 1. The Morgan fingerprint density at radius 3 is 2.63 bits per heavy atom. The highest BCUT2D eigenvalue weighted by Crippen LogP contribution is 2.22. The number of aliphatic hydroxyl groups is 1. The van der Waals surface area contributed by atoms with Gasteiger partial charge in [-0.3, -0.25) is 4.98 Å². The molecule has 0 aliphatic rings. The summed E-state index contributed by atoms with van der Waals surface area (Å²) in [5.74, 6) is -0.244. The standard InChI is InChI=1S/C15H16FNO2/c1-11(18)13-2-3-15(14(16)10-13)19-9-6-12-4-7-17-8-5-12/h2-5,7-8,10-11,18H,6,9H2,1H3/t11-/m1/s1. The quantitative estimate of drug-likeness (QED) is 0.899. The van der Waals surface area contributed by atoms with Gasteiger partial charge >= 0.3 is 0 Å². The van der Waals surface area contributed by atoms with Gasteiger partial charge in [0.05, 0.1) is 12.7 Å². The van der Waals surface area contributed by atoms with Crippen molar-refractivity contribution in [3.63, 3.8) is 0 Å². The number of benzene rings is 1. The van der Waals surface area contributed by atoms with E-state index in [1.165, 1.54) is 6.07 Å². The fourth-order valence-corrected chi connectivity index (χ4v) is 1.72. The lowest BCUT2D eigenvalue weighted by molar-refractivity contribution is 0.198. The summed E-state index contributed by atoms with van der Waals surface area (Å²) in [4.78, 5) is 3.93. The number of ether oxygens (including phenoxy) is 1. The molecule has 2 rings (SSSR count). The zero-order valence-corrected chi connectivity index (χ0v) is 10.7. The van der Waals surface area contributed by atoms with E-state index in [-0.39, 0.29) is 5.75 Å². The van der Waals surface area contributed by atoms with Crippen LogP contribution in [-0.2, 0) is 6.42 Å². The smallest absolute Gasteiger partial charge is 0.165 e. The van der Waals surface area contributed by atoms with Gasteiger partial charge in [0.2, 0.25) is 0 Å². The molecule has 1 atom stereocenters. The molecule has 0 unspecified atom stereocenters. The van der Waals surface area contributed by atoms with Crippen molar-refractivity contribution in [1.82, 2.24) is 4.98 Å². The van der Waals surface area contributed by atoms with Crippen molar-refractivity contribution in [2.75, 3.05) is 6.61 Å². The van der Waals surface area contributed by atoms with Gasteiger partial charge in [-0.05, 0) is 42.3 Å². The molecule has 0 aliphatic heterocycles. The molecular weight excluding hydrogens is 245 g/mol. The maximum absolute atomic E-state index is 13.7. The second-order valence-electron chi connectivity index (χ2n) is 4.32. The Balaban J connectivity index is 1.93. The van der Waals surface area contributed by atoms with Gasteiger partial charge in [-0.15, -0.1) is 0 Å². The molecule has 0 amide bonds. The summed E-state index contributed by atoms with van der Waals surface area (Å²) in [7, 11) is 0. The second kappa shape index (κ2) is 6.29. The van der Waals surface area contributed by atoms with Crippen LogP contribution >= 0.6 is 0 Å². The topological polar surface area (TPSA) is 42.4 Å². The molecule has 100 valence electrons. The lowest BCUT2D eigenvalue weighted by Gasteiger charge is -2.10. The van der Waals surface area contributed by atoms with Crippen molar-refractivity contribution < 1.29 is 14.2 Å². The zero-order chi connectivity index (χ0) is 13.7. The van der Waals surface area contributed by atoms with E-state index in [1.54, 1.807) is 31.5 Å². The number of halogens is 1. The highest BCUT2D eigenvalue weighted by molar-refractivity contribution is 5.30. The van der Waals surface area contributed by atoms with Crippen LogP contribution in [0.5, 0.6) is 5.75 Å². The number of rotatable bonds is 5. The molecule has 2 aromatic rings. The maximum Gasteiger partial charge on any atom is 0.165 e. The van der Waals surface area contributed by atoms with Crippen molar-refractivity contribution in [3.05, 3.63) is 59.7 Å². The normalized spacial score (nSPS) is 12.2. The number of aromatic nitrogens is 1. The van der Waals surface area contributed by atoms with Crippen molar-refractivity contribution >= 4 is 0 Å². The summed E-state index contributed by atoms with van der Waals surface area (Å²) in [5, 5.41) is 9.35. The Morgan fingerprint density at radius 1 is 1.26 bits per heavy atom. The third kappa shape index (κ3) is 3.76. The first-order valence-corrected chi connectivity index (χ1v) is 6.16. The van der Waals surface area contributed by atoms with E-state index in [1.807, 2.05) is 12.1 Å². The number of hydrogen-bond acceptors (Lipinski definition) is 3. The molecule has 4 heteroatoms. The van der Waals surface area contributed by atoms with Crippen LogP contribution in [0.4, 0.5) is 4.39 Å². The van der Waals surface area contributed by atoms with E-state index < -0.39 is 11.9 Å². The summed E-state index contributed by atoms with van der Waals surface area (Å²) in [5.41, 5.74) is 1.63. The molecule has 0 spiro atoms. The molecule has 3 nitrogen and oxygen atoms in total. The maximum atomic E-state index is 13.7. The van der Waals surface area contributed by atoms with Crippen LogP contribution in [0.25, 0.3) is 0 Å². The van der Waals surface area contributed by atoms with Gasteiger partial charge in [0, 0.05) is 18.8 Å². The predicted molar refractivity (Wildman–Crippen MR) is 70.5 cm³/mol. The Morgan fingerprint density at radius 2 is 2.00 bits per heavy atom. The molecule has 0 bridgehead atoms. The molecule has 0 radical (unpaired) electrons. The van der Waals surface area contributed by atoms with Crippen LogP contribution in [0, 0.1) is 5.82 Å². The number of aliphatic hydroxyl groups excluding tert-OH is 1. The fourth-order valence-electron chi connectivity index (χ4n) is 1.72. The van der Waals surface area contributed by atoms with Crippen LogP contribution in [0.15, 0.2) is 42.7 Å². The van der Waals surface area contributed by atoms with E-state index in [9.17, 15) is 9.50 Å². The highest BCUT2D eigenvalue weighted by Gasteiger charge is 2.07. The van der Waals surface area contributed by atoms with Crippen LogP contribution < -0.4 is 4.74 Å². The molecular formula is C15H16FNO2. The minimum atomic E-state index is -0.680. The molecule has 1 N–H and O–H groups in total. The van der Waals surface area contributed by atoms with Crippen LogP contribution in [0.2, 0.25) is 0 Å². The van der Waals surface area contributed by atoms with Gasteiger partial charge in [0.15, 0.2) is 11.6 Å². The number of nitrogens with zero attached hydrogens (tertiary/aromatic N) is 1. The monoisotopic (exact) mass is 261 g/mol. The van der Waals surface area contributed by atoms with Crippen molar-refractivity contribution in [2.24, 2.45) is 0 Å². The lowest BCUT2D eigenvalue weighted by Crippen LogP contribution is -2.03. The average molecular weight is 261 g/mol. The third-order valence-corrected chi connectivity index (χ3v) is 2.84. The lowest BCUT2D eigenvalue weighted by atomic mass is 10.1. The van der Waals surface area contributed by atoms with Crippen molar-refractivity contribution in [1.29, 1.82) is 0 Å². The largest absolute Gasteiger partial charge is 0.490 e. The SMILES string of the molecule is C[C@@H](O)c1ccc(OCCc2ccncc2)c(F)c1. The first-order valence-electron chi connectivity index (χ1n) is 6.16. The Hall–Kier alpha value is -1.94. The predicted octanol–water partition coefficient (Wildman–Crippen LogP) is 2.90. The Labute approximate surface area is 111 Å². The first-order chi connectivity index (χ1) is 9.16. The van der Waals surface area contributed by atoms with E-state index in [2.05, 4.69) is 4.98 Å². The van der Waals surface area contributed by atoms with E-state index in [0.717, 1.165) is 5.56 Å². The van der Waals surface area contributed by atoms with Crippen molar-refractivity contribution in [3.8, 4) is 5.75 Å². The van der Waals surface area contributed by atoms with Crippen LogP contribution in [-0.4, -0.2) is 16.7 Å². The van der Waals surface area contributed by atoms with Gasteiger partial charge < -0.3 is 9.84 Å². The van der Waals surface area contributed by atoms with Crippen molar-refractivity contribution in [2.45, 2.75) is 19.4 Å². The Bertz CT molecular complexity index is 529. The highest BCUT2D eigenvalue weighted by atomic mass is 19.1. The van der Waals surface area contributed by atoms with E-state index >= 15 is 0 Å². The number of hydrogen-bond donors (Lipinski definition) is 1. The van der Waals surface area contributed by atoms with Gasteiger partial charge in [-0.1, -0.05) is 6.07 Å². The molecule has 0 fully saturated rings. The summed E-state index contributed by atoms with van der Waals surface area (Å²) in [6, 6.07) is 8.30. The molecule has 1 aromatic carbocycles. The zero-order valence-electron chi connectivity index (χ0n) is 10.7. The van der Waals surface area contributed by atoms with Crippen LogP contribution in [0.3, 0.4) is 0 Å². The van der Waals surface area contributed by atoms with Gasteiger partial charge in [0.25, 0.3) is 0 Å². The minimum absolute atomic E-state index is 0.207. The molecule has 0 saturated heterocycles. The van der Waals surface area contributed by atoms with E-state index in [0.29, 0.717) is 18.6 Å². The Kier molecular flexibility index (Phi) is 4.47. The van der Waals surface area contributed by atoms with Gasteiger partial charge in [-0.25, -0.2) is 4.39 Å². The molecule has 0 aliphatic carbocycles. The summed E-state index contributed by atoms with van der Waals surface area (Å²) >= 11 is 0. The first kappa shape index (κ1) is 13.5. The summed E-state index contributed by atoms with van der Waals surface area (Å²) < 4.78 is 19.1. The molecule has 19 heavy (non-hydrogen) atoms.